The summed E-state index contributed by atoms with van der Waals surface area (Å²) >= 11 is 0. The Labute approximate surface area is 191 Å². The van der Waals surface area contributed by atoms with Gasteiger partial charge in [-0.05, 0) is 24.3 Å². The van der Waals surface area contributed by atoms with Crippen LogP contribution >= 0.6 is 0 Å². The fourth-order valence-electron chi connectivity index (χ4n) is 4.00. The molecule has 9 heteroatoms. The van der Waals surface area contributed by atoms with Crippen molar-refractivity contribution in [1.29, 1.82) is 0 Å². The Morgan fingerprint density at radius 2 is 1.73 bits per heavy atom. The van der Waals surface area contributed by atoms with E-state index in [-0.39, 0.29) is 11.7 Å². The van der Waals surface area contributed by atoms with E-state index < -0.39 is 18.6 Å². The second-order valence-corrected chi connectivity index (χ2v) is 7.68. The molecule has 9 nitrogen and oxygen atoms in total. The number of ether oxygens (including phenoxy) is 2. The van der Waals surface area contributed by atoms with Crippen LogP contribution in [0.1, 0.15) is 10.6 Å². The molecule has 3 aromatic rings. The quantitative estimate of drug-likeness (QED) is 0.563. The van der Waals surface area contributed by atoms with Gasteiger partial charge in [0, 0.05) is 31.6 Å². The average Bonchev–Trinajstić information content (AvgIpc) is 3.31. The van der Waals surface area contributed by atoms with Crippen LogP contribution in [0.4, 0.5) is 5.69 Å². The number of anilines is 1. The maximum atomic E-state index is 13.0. The number of piperazine rings is 1. The molecule has 0 radical (unpaired) electrons. The number of hydrogen-bond donors (Lipinski definition) is 2. The van der Waals surface area contributed by atoms with Crippen LogP contribution in [0.5, 0.6) is 11.5 Å². The third kappa shape index (κ3) is 4.58. The molecule has 2 N–H and O–H groups in total. The van der Waals surface area contributed by atoms with E-state index in [9.17, 15) is 14.7 Å². The normalized spacial score (nSPS) is 14.8. The van der Waals surface area contributed by atoms with Crippen molar-refractivity contribution in [3.05, 3.63) is 54.3 Å². The molecule has 1 aliphatic rings. The molecule has 1 fully saturated rings. The van der Waals surface area contributed by atoms with E-state index in [1.807, 2.05) is 24.3 Å². The number of aliphatic hydroxyl groups excluding tert-OH is 1. The second kappa shape index (κ2) is 9.83. The van der Waals surface area contributed by atoms with Gasteiger partial charge >= 0.3 is 0 Å². The van der Waals surface area contributed by atoms with Crippen molar-refractivity contribution in [1.82, 2.24) is 10.2 Å². The first-order chi connectivity index (χ1) is 16.0. The van der Waals surface area contributed by atoms with Gasteiger partial charge in [0.25, 0.3) is 5.91 Å². The standard InChI is InChI=1S/C24H27N3O6/c1-31-19-8-4-3-7-18(19)26-10-12-27(13-11-26)24(30)17(15-28)25-23(29)21-14-16-6-5-9-20(32-2)22(16)33-21/h3-9,14,17,28H,10-13,15H2,1-2H3,(H,25,29)/t17-/m0/s1. The van der Waals surface area contributed by atoms with E-state index in [1.165, 1.54) is 7.11 Å². The largest absolute Gasteiger partial charge is 0.495 e. The van der Waals surface area contributed by atoms with E-state index in [1.54, 1.807) is 36.3 Å². The first-order valence-electron chi connectivity index (χ1n) is 10.7. The number of rotatable bonds is 7. The Kier molecular flexibility index (Phi) is 6.69. The molecule has 1 saturated heterocycles. The van der Waals surface area contributed by atoms with Crippen molar-refractivity contribution in [3.63, 3.8) is 0 Å². The van der Waals surface area contributed by atoms with E-state index in [2.05, 4.69) is 10.2 Å². The summed E-state index contributed by atoms with van der Waals surface area (Å²) in [4.78, 5) is 29.5. The van der Waals surface area contributed by atoms with E-state index >= 15 is 0 Å². The summed E-state index contributed by atoms with van der Waals surface area (Å²) in [6.07, 6.45) is 0. The lowest BCUT2D eigenvalue weighted by Crippen LogP contribution is -2.56. The van der Waals surface area contributed by atoms with Crippen molar-refractivity contribution < 1.29 is 28.6 Å². The van der Waals surface area contributed by atoms with Gasteiger partial charge in [-0.15, -0.1) is 0 Å². The molecule has 0 unspecified atom stereocenters. The van der Waals surface area contributed by atoms with Gasteiger partial charge in [-0.1, -0.05) is 24.3 Å². The summed E-state index contributed by atoms with van der Waals surface area (Å²) in [5.74, 6) is 0.420. The predicted molar refractivity (Wildman–Crippen MR) is 123 cm³/mol. The fourth-order valence-corrected chi connectivity index (χ4v) is 4.00. The van der Waals surface area contributed by atoms with E-state index in [0.717, 1.165) is 11.4 Å². The van der Waals surface area contributed by atoms with Gasteiger partial charge in [-0.2, -0.15) is 0 Å². The van der Waals surface area contributed by atoms with Crippen molar-refractivity contribution in [3.8, 4) is 11.5 Å². The number of nitrogens with one attached hydrogen (secondary N) is 1. The maximum Gasteiger partial charge on any atom is 0.287 e. The van der Waals surface area contributed by atoms with E-state index in [0.29, 0.717) is 42.9 Å². The van der Waals surface area contributed by atoms with Gasteiger partial charge in [0.2, 0.25) is 5.91 Å². The van der Waals surface area contributed by atoms with Crippen LogP contribution in [0.3, 0.4) is 0 Å². The summed E-state index contributed by atoms with van der Waals surface area (Å²) in [7, 11) is 3.15. The average molecular weight is 453 g/mol. The Morgan fingerprint density at radius 3 is 2.42 bits per heavy atom. The lowest BCUT2D eigenvalue weighted by atomic mass is 10.2. The smallest absolute Gasteiger partial charge is 0.287 e. The van der Waals surface area contributed by atoms with Gasteiger partial charge in [-0.25, -0.2) is 0 Å². The summed E-state index contributed by atoms with van der Waals surface area (Å²) < 4.78 is 16.3. The molecule has 1 aromatic heterocycles. The predicted octanol–water partition coefficient (Wildman–Crippen LogP) is 1.89. The second-order valence-electron chi connectivity index (χ2n) is 7.68. The minimum absolute atomic E-state index is 0.0433. The summed E-state index contributed by atoms with van der Waals surface area (Å²) in [6, 6.07) is 13.6. The van der Waals surface area contributed by atoms with Crippen LogP contribution in [-0.4, -0.2) is 74.9 Å². The van der Waals surface area contributed by atoms with Crippen LogP contribution in [-0.2, 0) is 4.79 Å². The monoisotopic (exact) mass is 453 g/mol. The van der Waals surface area contributed by atoms with Crippen molar-refractivity contribution >= 4 is 28.5 Å². The Morgan fingerprint density at radius 1 is 1.03 bits per heavy atom. The first kappa shape index (κ1) is 22.5. The third-order valence-corrected chi connectivity index (χ3v) is 5.75. The third-order valence-electron chi connectivity index (χ3n) is 5.75. The minimum Gasteiger partial charge on any atom is -0.495 e. The molecular formula is C24H27N3O6. The van der Waals surface area contributed by atoms with Gasteiger partial charge < -0.3 is 34.1 Å². The van der Waals surface area contributed by atoms with E-state index in [4.69, 9.17) is 13.9 Å². The zero-order valence-corrected chi connectivity index (χ0v) is 18.6. The summed E-state index contributed by atoms with van der Waals surface area (Å²) in [5.41, 5.74) is 1.42. The lowest BCUT2D eigenvalue weighted by molar-refractivity contribution is -0.134. The van der Waals surface area contributed by atoms with Crippen LogP contribution < -0.4 is 19.7 Å². The molecule has 0 spiro atoms. The number of nitrogens with zero attached hydrogens (tertiary/aromatic N) is 2. The van der Waals surface area contributed by atoms with Crippen LogP contribution in [0.25, 0.3) is 11.0 Å². The van der Waals surface area contributed by atoms with Gasteiger partial charge in [0.05, 0.1) is 26.5 Å². The highest BCUT2D eigenvalue weighted by Crippen LogP contribution is 2.29. The minimum atomic E-state index is -1.06. The highest BCUT2D eigenvalue weighted by Gasteiger charge is 2.30. The number of hydrogen-bond acceptors (Lipinski definition) is 7. The molecule has 2 aromatic carbocycles. The first-order valence-corrected chi connectivity index (χ1v) is 10.7. The highest BCUT2D eigenvalue weighted by atomic mass is 16.5. The zero-order valence-electron chi connectivity index (χ0n) is 18.6. The molecule has 33 heavy (non-hydrogen) atoms. The molecule has 0 bridgehead atoms. The number of amides is 2. The molecule has 2 heterocycles. The van der Waals surface area contributed by atoms with Gasteiger partial charge in [-0.3, -0.25) is 9.59 Å². The summed E-state index contributed by atoms with van der Waals surface area (Å²) in [5, 5.41) is 13.1. The number of furan rings is 1. The topological polar surface area (TPSA) is 104 Å². The molecule has 0 aliphatic carbocycles. The van der Waals surface area contributed by atoms with Gasteiger partial charge in [0.15, 0.2) is 17.1 Å². The number of carbonyl (C=O) groups is 2. The number of methoxy groups -OCH3 is 2. The molecule has 2 amide bonds. The van der Waals surface area contributed by atoms with Crippen molar-refractivity contribution in [2.45, 2.75) is 6.04 Å². The number of carbonyl (C=O) groups excluding carboxylic acids is 2. The fraction of sp³-hybridized carbons (Fsp3) is 0.333. The van der Waals surface area contributed by atoms with Crippen LogP contribution in [0, 0.1) is 0 Å². The molecule has 4 rings (SSSR count). The highest BCUT2D eigenvalue weighted by molar-refractivity contribution is 5.99. The van der Waals surface area contributed by atoms with Gasteiger partial charge in [0.1, 0.15) is 11.8 Å². The Hall–Kier alpha value is -3.72. The molecule has 1 aliphatic heterocycles. The Balaban J connectivity index is 1.40. The number of fused-ring (bicyclic) bond motifs is 1. The SMILES string of the molecule is COc1ccccc1N1CCN(C(=O)[C@H](CO)NC(=O)c2cc3cccc(OC)c3o2)CC1. The number of benzene rings is 2. The molecular weight excluding hydrogens is 426 g/mol. The Bertz CT molecular complexity index is 1140. The van der Waals surface area contributed by atoms with Crippen molar-refractivity contribution in [2.24, 2.45) is 0 Å². The van der Waals surface area contributed by atoms with Crippen molar-refractivity contribution in [2.75, 3.05) is 51.9 Å². The maximum absolute atomic E-state index is 13.0. The zero-order chi connectivity index (χ0) is 23.4. The molecule has 1 atom stereocenters. The molecule has 174 valence electrons. The summed E-state index contributed by atoms with van der Waals surface area (Å²) in [6.45, 7) is 1.64. The number of para-hydroxylation sites is 3. The number of aliphatic hydroxyl groups is 1. The lowest BCUT2D eigenvalue weighted by Gasteiger charge is -2.37. The molecule has 0 saturated carbocycles. The van der Waals surface area contributed by atoms with Crippen LogP contribution in [0.15, 0.2) is 52.9 Å². The van der Waals surface area contributed by atoms with Crippen LogP contribution in [0.2, 0.25) is 0 Å².